The second-order valence-electron chi connectivity index (χ2n) is 5.28. The number of nitrogens with zero attached hydrogens (tertiary/aromatic N) is 3. The molecule has 5 nitrogen and oxygen atoms in total. The molecular formula is C17H25N5. The lowest BCUT2D eigenvalue weighted by Crippen LogP contribution is -2.38. The number of benzene rings is 1. The number of hydrogen-bond acceptors (Lipinski definition) is 2. The van der Waals surface area contributed by atoms with Crippen molar-refractivity contribution in [3.8, 4) is 0 Å². The monoisotopic (exact) mass is 299 g/mol. The highest BCUT2D eigenvalue weighted by Crippen LogP contribution is 2.08. The van der Waals surface area contributed by atoms with E-state index in [2.05, 4.69) is 70.6 Å². The van der Waals surface area contributed by atoms with E-state index < -0.39 is 0 Å². The second kappa shape index (κ2) is 8.22. The summed E-state index contributed by atoms with van der Waals surface area (Å²) >= 11 is 0. The molecule has 0 unspecified atom stereocenters. The van der Waals surface area contributed by atoms with Gasteiger partial charge in [-0.3, -0.25) is 5.10 Å². The van der Waals surface area contributed by atoms with E-state index in [-0.39, 0.29) is 0 Å². The van der Waals surface area contributed by atoms with Gasteiger partial charge in [0.05, 0.1) is 12.2 Å². The average Bonchev–Trinajstić information content (AvgIpc) is 3.05. The Hall–Kier alpha value is -2.30. The number of H-pyrrole nitrogens is 1. The van der Waals surface area contributed by atoms with Crippen molar-refractivity contribution in [2.24, 2.45) is 4.99 Å². The number of rotatable bonds is 6. The van der Waals surface area contributed by atoms with Crippen LogP contribution in [0.2, 0.25) is 0 Å². The van der Waals surface area contributed by atoms with Crippen molar-refractivity contribution in [3.05, 3.63) is 53.3 Å². The molecule has 0 amide bonds. The molecule has 1 aromatic heterocycles. The summed E-state index contributed by atoms with van der Waals surface area (Å²) < 4.78 is 0. The summed E-state index contributed by atoms with van der Waals surface area (Å²) in [6.07, 6.45) is 2.82. The zero-order valence-electron chi connectivity index (χ0n) is 13.6. The van der Waals surface area contributed by atoms with Gasteiger partial charge in [-0.15, -0.1) is 0 Å². The van der Waals surface area contributed by atoms with Crippen molar-refractivity contribution in [3.63, 3.8) is 0 Å². The zero-order chi connectivity index (χ0) is 15.8. The van der Waals surface area contributed by atoms with Crippen LogP contribution < -0.4 is 5.32 Å². The van der Waals surface area contributed by atoms with Gasteiger partial charge in [0.1, 0.15) is 0 Å². The van der Waals surface area contributed by atoms with Crippen molar-refractivity contribution in [1.82, 2.24) is 20.4 Å². The molecule has 2 N–H and O–H groups in total. The SMILES string of the molecule is CCNC(=NCc1ccn[nH]1)N(C)Cc1ccc(CC)cc1. The first kappa shape index (κ1) is 16.1. The van der Waals surface area contributed by atoms with Crippen molar-refractivity contribution < 1.29 is 0 Å². The van der Waals surface area contributed by atoms with Gasteiger partial charge in [-0.25, -0.2) is 4.99 Å². The van der Waals surface area contributed by atoms with E-state index in [0.717, 1.165) is 31.2 Å². The van der Waals surface area contributed by atoms with Crippen LogP contribution in [0.4, 0.5) is 0 Å². The molecule has 1 heterocycles. The lowest BCUT2D eigenvalue weighted by molar-refractivity contribution is 0.476. The maximum atomic E-state index is 4.65. The summed E-state index contributed by atoms with van der Waals surface area (Å²) in [7, 11) is 2.06. The average molecular weight is 299 g/mol. The van der Waals surface area contributed by atoms with E-state index in [9.17, 15) is 0 Å². The largest absolute Gasteiger partial charge is 0.357 e. The van der Waals surface area contributed by atoms with E-state index in [4.69, 9.17) is 0 Å². The van der Waals surface area contributed by atoms with Gasteiger partial charge in [-0.05, 0) is 30.5 Å². The van der Waals surface area contributed by atoms with Crippen molar-refractivity contribution in [2.75, 3.05) is 13.6 Å². The topological polar surface area (TPSA) is 56.3 Å². The zero-order valence-corrected chi connectivity index (χ0v) is 13.6. The standard InChI is InChI=1S/C17H25N5/c1-4-14-6-8-15(9-7-14)13-22(3)17(18-5-2)19-12-16-10-11-20-21-16/h6-11H,4-5,12-13H2,1-3H3,(H,18,19)(H,20,21). The number of hydrogen-bond donors (Lipinski definition) is 2. The third kappa shape index (κ3) is 4.62. The Labute approximate surface area is 132 Å². The highest BCUT2D eigenvalue weighted by Gasteiger charge is 2.06. The quantitative estimate of drug-likeness (QED) is 0.637. The van der Waals surface area contributed by atoms with Crippen LogP contribution in [-0.4, -0.2) is 34.6 Å². The van der Waals surface area contributed by atoms with Gasteiger partial charge >= 0.3 is 0 Å². The lowest BCUT2D eigenvalue weighted by atomic mass is 10.1. The minimum atomic E-state index is 0.599. The van der Waals surface area contributed by atoms with E-state index in [1.165, 1.54) is 11.1 Å². The fourth-order valence-electron chi connectivity index (χ4n) is 2.23. The molecule has 5 heteroatoms. The summed E-state index contributed by atoms with van der Waals surface area (Å²) in [6.45, 7) is 6.53. The van der Waals surface area contributed by atoms with Gasteiger partial charge in [-0.2, -0.15) is 5.10 Å². The summed E-state index contributed by atoms with van der Waals surface area (Å²) in [5.41, 5.74) is 3.66. The van der Waals surface area contributed by atoms with Crippen LogP contribution in [0.25, 0.3) is 0 Å². The number of aryl methyl sites for hydroxylation is 1. The highest BCUT2D eigenvalue weighted by molar-refractivity contribution is 5.79. The predicted octanol–water partition coefficient (Wildman–Crippen LogP) is 2.57. The summed E-state index contributed by atoms with van der Waals surface area (Å²) in [5.74, 6) is 0.900. The van der Waals surface area contributed by atoms with Gasteiger partial charge in [0.15, 0.2) is 5.96 Å². The first-order chi connectivity index (χ1) is 10.7. The van der Waals surface area contributed by atoms with Crippen LogP contribution >= 0.6 is 0 Å². The molecule has 118 valence electrons. The van der Waals surface area contributed by atoms with E-state index in [1.54, 1.807) is 6.20 Å². The van der Waals surface area contributed by atoms with E-state index in [0.29, 0.717) is 6.54 Å². The molecule has 0 bridgehead atoms. The molecule has 0 fully saturated rings. The molecule has 1 aromatic carbocycles. The van der Waals surface area contributed by atoms with Crippen molar-refractivity contribution in [1.29, 1.82) is 0 Å². The normalized spacial score (nSPS) is 11.5. The number of aliphatic imine (C=N–C) groups is 1. The Bertz CT molecular complexity index is 572. The summed E-state index contributed by atoms with van der Waals surface area (Å²) in [6, 6.07) is 10.7. The van der Waals surface area contributed by atoms with Gasteiger partial charge in [-0.1, -0.05) is 31.2 Å². The van der Waals surface area contributed by atoms with Crippen LogP contribution in [0, 0.1) is 0 Å². The van der Waals surface area contributed by atoms with Crippen LogP contribution in [0.15, 0.2) is 41.5 Å². The van der Waals surface area contributed by atoms with Gasteiger partial charge in [0.2, 0.25) is 0 Å². The third-order valence-corrected chi connectivity index (χ3v) is 3.51. The first-order valence-electron chi connectivity index (χ1n) is 7.78. The molecular weight excluding hydrogens is 274 g/mol. The van der Waals surface area contributed by atoms with E-state index in [1.807, 2.05) is 6.07 Å². The fraction of sp³-hybridized carbons (Fsp3) is 0.412. The van der Waals surface area contributed by atoms with E-state index >= 15 is 0 Å². The Kier molecular flexibility index (Phi) is 6.01. The Morgan fingerprint density at radius 1 is 1.18 bits per heavy atom. The molecule has 0 aliphatic carbocycles. The first-order valence-corrected chi connectivity index (χ1v) is 7.78. The van der Waals surface area contributed by atoms with Crippen LogP contribution in [0.3, 0.4) is 0 Å². The Balaban J connectivity index is 2.01. The molecule has 0 atom stereocenters. The molecule has 0 spiro atoms. The lowest BCUT2D eigenvalue weighted by Gasteiger charge is -2.22. The predicted molar refractivity (Wildman–Crippen MR) is 90.7 cm³/mol. The molecule has 2 rings (SSSR count). The minimum absolute atomic E-state index is 0.599. The fourth-order valence-corrected chi connectivity index (χ4v) is 2.23. The maximum absolute atomic E-state index is 4.65. The van der Waals surface area contributed by atoms with Crippen LogP contribution in [-0.2, 0) is 19.5 Å². The molecule has 2 aromatic rings. The molecule has 0 saturated carbocycles. The molecule has 0 saturated heterocycles. The van der Waals surface area contributed by atoms with Crippen molar-refractivity contribution >= 4 is 5.96 Å². The number of aromatic amines is 1. The maximum Gasteiger partial charge on any atom is 0.194 e. The number of aromatic nitrogens is 2. The van der Waals surface area contributed by atoms with Gasteiger partial charge in [0.25, 0.3) is 0 Å². The molecule has 0 aliphatic rings. The number of guanidine groups is 1. The van der Waals surface area contributed by atoms with Crippen LogP contribution in [0.1, 0.15) is 30.7 Å². The van der Waals surface area contributed by atoms with Crippen LogP contribution in [0.5, 0.6) is 0 Å². The Morgan fingerprint density at radius 3 is 2.50 bits per heavy atom. The highest BCUT2D eigenvalue weighted by atomic mass is 15.3. The second-order valence-corrected chi connectivity index (χ2v) is 5.28. The molecule has 0 aliphatic heterocycles. The smallest absolute Gasteiger partial charge is 0.194 e. The summed E-state index contributed by atoms with van der Waals surface area (Å²) in [5, 5.41) is 10.2. The molecule has 22 heavy (non-hydrogen) atoms. The number of nitrogens with one attached hydrogen (secondary N) is 2. The van der Waals surface area contributed by atoms with Crippen molar-refractivity contribution in [2.45, 2.75) is 33.4 Å². The van der Waals surface area contributed by atoms with Gasteiger partial charge in [0, 0.05) is 26.3 Å². The minimum Gasteiger partial charge on any atom is -0.357 e. The third-order valence-electron chi connectivity index (χ3n) is 3.51. The molecule has 0 radical (unpaired) electrons. The Morgan fingerprint density at radius 2 is 1.91 bits per heavy atom. The summed E-state index contributed by atoms with van der Waals surface area (Å²) in [4.78, 5) is 6.79. The van der Waals surface area contributed by atoms with Gasteiger partial charge < -0.3 is 10.2 Å².